The van der Waals surface area contributed by atoms with Crippen LogP contribution in [0, 0.1) is 6.92 Å². The van der Waals surface area contributed by atoms with Gasteiger partial charge in [0.25, 0.3) is 0 Å². The zero-order valence-corrected chi connectivity index (χ0v) is 29.9. The van der Waals surface area contributed by atoms with Crippen molar-refractivity contribution in [2.45, 2.75) is 83.1 Å². The van der Waals surface area contributed by atoms with Crippen molar-refractivity contribution in [1.82, 2.24) is 34.3 Å². The number of aromatic nitrogens is 6. The van der Waals surface area contributed by atoms with Crippen LogP contribution in [0.25, 0.3) is 16.6 Å². The zero-order valence-electron chi connectivity index (χ0n) is 29.0. The Morgan fingerprint density at radius 3 is 2.35 bits per heavy atom. The fourth-order valence-corrected chi connectivity index (χ4v) is 6.93. The number of para-hydroxylation sites is 1. The van der Waals surface area contributed by atoms with Crippen molar-refractivity contribution in [3.05, 3.63) is 71.1 Å². The van der Waals surface area contributed by atoms with Gasteiger partial charge in [0.2, 0.25) is 5.95 Å². The maximum Gasteiger partial charge on any atom is 0.226 e. The molecule has 0 saturated heterocycles. The molecule has 2 N–H and O–H groups in total. The molecule has 254 valence electrons. The summed E-state index contributed by atoms with van der Waals surface area (Å²) in [6.45, 7) is 12.3. The lowest BCUT2D eigenvalue weighted by Crippen LogP contribution is -2.49. The van der Waals surface area contributed by atoms with Gasteiger partial charge in [-0.15, -0.1) is 9.82 Å². The van der Waals surface area contributed by atoms with Gasteiger partial charge in [0.1, 0.15) is 33.1 Å². The number of aryl methyl sites for hydroxylation is 1. The summed E-state index contributed by atoms with van der Waals surface area (Å²) >= 11 is -1.24. The second kappa shape index (κ2) is 13.0. The van der Waals surface area contributed by atoms with Crippen LogP contribution in [-0.4, -0.2) is 60.2 Å². The lowest BCUT2D eigenvalue weighted by molar-refractivity contribution is 0.330. The quantitative estimate of drug-likeness (QED) is 0.160. The largest absolute Gasteiger partial charge is 0.598 e. The molecule has 2 aromatic carbocycles. The maximum atomic E-state index is 12.8. The highest BCUT2D eigenvalue weighted by atomic mass is 32.2. The maximum absolute atomic E-state index is 12.8. The molecule has 0 bridgehead atoms. The third-order valence-electron chi connectivity index (χ3n) is 8.82. The van der Waals surface area contributed by atoms with Crippen molar-refractivity contribution < 1.29 is 18.8 Å². The molecule has 5 aromatic rings. The first-order chi connectivity index (χ1) is 22.8. The highest BCUT2D eigenvalue weighted by Crippen LogP contribution is 2.46. The van der Waals surface area contributed by atoms with Crippen molar-refractivity contribution in [3.63, 3.8) is 0 Å². The van der Waals surface area contributed by atoms with Crippen LogP contribution >= 0.6 is 0 Å². The monoisotopic (exact) mass is 672 g/mol. The summed E-state index contributed by atoms with van der Waals surface area (Å²) in [5.41, 5.74) is 4.35. The molecule has 13 heteroatoms. The van der Waals surface area contributed by atoms with Gasteiger partial charge in [-0.3, -0.25) is 9.97 Å². The van der Waals surface area contributed by atoms with Crippen LogP contribution in [0.4, 0.5) is 5.95 Å². The van der Waals surface area contributed by atoms with Gasteiger partial charge in [0.15, 0.2) is 11.5 Å². The van der Waals surface area contributed by atoms with E-state index in [1.54, 1.807) is 25.8 Å². The number of benzene rings is 2. The van der Waals surface area contributed by atoms with E-state index in [-0.39, 0.29) is 16.6 Å². The van der Waals surface area contributed by atoms with Gasteiger partial charge >= 0.3 is 0 Å². The van der Waals surface area contributed by atoms with Crippen molar-refractivity contribution in [1.29, 1.82) is 0 Å². The van der Waals surface area contributed by atoms with E-state index >= 15 is 0 Å². The minimum atomic E-state index is -1.24. The number of hydrogen-bond acceptors (Lipinski definition) is 11. The third kappa shape index (κ3) is 6.46. The van der Waals surface area contributed by atoms with Gasteiger partial charge in [0, 0.05) is 53.0 Å². The SMILES string of the molecule is COc1ccc(CNc2nc3c(OC)cccc3c3nc([C@H]4C[C@@H](c5cnc(C(C)(C)N[S+]([O-])C(C)(C)C)c(C)n5)C4)nn23)c(OC)c1. The Balaban J connectivity index is 1.25. The molecular weight excluding hydrogens is 629 g/mol. The van der Waals surface area contributed by atoms with Crippen molar-refractivity contribution >= 4 is 33.9 Å². The summed E-state index contributed by atoms with van der Waals surface area (Å²) in [7, 11) is 4.91. The first-order valence-electron chi connectivity index (χ1n) is 16.0. The Morgan fingerprint density at radius 1 is 0.938 bits per heavy atom. The normalized spacial score (nSPS) is 17.3. The molecule has 0 aliphatic heterocycles. The number of rotatable bonds is 11. The van der Waals surface area contributed by atoms with Crippen LogP contribution < -0.4 is 24.2 Å². The fraction of sp³-hybridized carbons (Fsp3) is 0.457. The molecule has 3 aromatic heterocycles. The minimum Gasteiger partial charge on any atom is -0.598 e. The average Bonchev–Trinajstić information content (AvgIpc) is 3.47. The number of ether oxygens (including phenoxy) is 3. The van der Waals surface area contributed by atoms with E-state index in [1.165, 1.54) is 0 Å². The predicted octanol–water partition coefficient (Wildman–Crippen LogP) is 5.96. The van der Waals surface area contributed by atoms with E-state index in [2.05, 4.69) is 10.0 Å². The lowest BCUT2D eigenvalue weighted by Gasteiger charge is -2.34. The van der Waals surface area contributed by atoms with E-state index in [1.807, 2.05) is 84.1 Å². The van der Waals surface area contributed by atoms with Gasteiger partial charge in [-0.05, 0) is 78.6 Å². The molecule has 1 fully saturated rings. The number of fused-ring (bicyclic) bond motifs is 3. The molecule has 1 saturated carbocycles. The molecule has 1 atom stereocenters. The molecule has 1 unspecified atom stereocenters. The minimum absolute atomic E-state index is 0.166. The molecule has 12 nitrogen and oxygen atoms in total. The smallest absolute Gasteiger partial charge is 0.226 e. The van der Waals surface area contributed by atoms with Gasteiger partial charge in [-0.2, -0.15) is 4.52 Å². The summed E-state index contributed by atoms with van der Waals surface area (Å²) in [4.78, 5) is 19.8. The van der Waals surface area contributed by atoms with E-state index in [0.29, 0.717) is 35.2 Å². The van der Waals surface area contributed by atoms with Gasteiger partial charge < -0.3 is 24.1 Å². The Labute approximate surface area is 284 Å². The lowest BCUT2D eigenvalue weighted by atomic mass is 9.73. The first kappa shape index (κ1) is 33.7. The molecule has 6 rings (SSSR count). The highest BCUT2D eigenvalue weighted by Gasteiger charge is 2.38. The van der Waals surface area contributed by atoms with Crippen LogP contribution in [-0.2, 0) is 23.4 Å². The Morgan fingerprint density at radius 2 is 1.69 bits per heavy atom. The molecule has 48 heavy (non-hydrogen) atoms. The fourth-order valence-electron chi connectivity index (χ4n) is 6.06. The number of methoxy groups -OCH3 is 3. The summed E-state index contributed by atoms with van der Waals surface area (Å²) in [5, 5.41) is 9.29. The van der Waals surface area contributed by atoms with Gasteiger partial charge in [0.05, 0.1) is 38.4 Å². The van der Waals surface area contributed by atoms with E-state index in [0.717, 1.165) is 52.4 Å². The van der Waals surface area contributed by atoms with E-state index in [9.17, 15) is 4.55 Å². The second-order valence-electron chi connectivity index (χ2n) is 13.7. The second-order valence-corrected chi connectivity index (χ2v) is 15.7. The zero-order chi connectivity index (χ0) is 34.4. The molecule has 1 aliphatic carbocycles. The predicted molar refractivity (Wildman–Crippen MR) is 187 cm³/mol. The number of hydrogen-bond donors (Lipinski definition) is 2. The standard InChI is InChI=1S/C35H44N8O4S/c1-20-30(35(5,6)42-48(44)34(2,3)4)36-19-26(38-20)22-15-23(16-22)31-40-32-25-11-10-12-27(46-8)29(25)39-33(43(32)41-31)37-18-21-13-14-24(45-7)17-28(21)47-9/h10-14,17,19,22-23,42H,15-16,18H2,1-9H3,(H,37,39)/t22-,23+,48?. The number of anilines is 1. The highest BCUT2D eigenvalue weighted by molar-refractivity contribution is 7.90. The first-order valence-corrected chi connectivity index (χ1v) is 17.2. The van der Waals surface area contributed by atoms with Crippen molar-refractivity contribution in [2.24, 2.45) is 0 Å². The molecule has 0 amide bonds. The van der Waals surface area contributed by atoms with Crippen LogP contribution in [0.3, 0.4) is 0 Å². The van der Waals surface area contributed by atoms with Crippen LogP contribution in [0.5, 0.6) is 17.2 Å². The van der Waals surface area contributed by atoms with Crippen molar-refractivity contribution in [3.8, 4) is 17.2 Å². The van der Waals surface area contributed by atoms with Gasteiger partial charge in [-0.1, -0.05) is 6.07 Å². The van der Waals surface area contributed by atoms with Crippen LogP contribution in [0.15, 0.2) is 42.6 Å². The summed E-state index contributed by atoms with van der Waals surface area (Å²) in [5.74, 6) is 3.82. The Kier molecular flexibility index (Phi) is 9.14. The Hall–Kier alpha value is -4.20. The Bertz CT molecular complexity index is 1950. The molecular formula is C35H44N8O4S. The van der Waals surface area contributed by atoms with E-state index < -0.39 is 16.9 Å². The molecule has 1 aliphatic rings. The summed E-state index contributed by atoms with van der Waals surface area (Å²) in [6.07, 6.45) is 3.59. The molecule has 0 radical (unpaired) electrons. The molecule has 0 spiro atoms. The molecule has 3 heterocycles. The summed E-state index contributed by atoms with van der Waals surface area (Å²) < 4.78 is 34.1. The summed E-state index contributed by atoms with van der Waals surface area (Å²) in [6, 6.07) is 11.5. The van der Waals surface area contributed by atoms with E-state index in [4.69, 9.17) is 39.2 Å². The van der Waals surface area contributed by atoms with Gasteiger partial charge in [-0.25, -0.2) is 9.97 Å². The third-order valence-corrected chi connectivity index (χ3v) is 10.6. The topological polar surface area (TPSA) is 144 Å². The van der Waals surface area contributed by atoms with Crippen molar-refractivity contribution in [2.75, 3.05) is 26.6 Å². The van der Waals surface area contributed by atoms with Crippen LogP contribution in [0.2, 0.25) is 0 Å². The number of nitrogens with one attached hydrogen (secondary N) is 2. The number of nitrogens with zero attached hydrogens (tertiary/aromatic N) is 6. The van der Waals surface area contributed by atoms with Crippen LogP contribution in [0.1, 0.15) is 87.8 Å². The average molecular weight is 673 g/mol.